The number of thiophene rings is 1. The standard InChI is InChI=1S/C20H24N4OS/c1-15-13-17-19(21-7-8-24-9-11-25-12-10-24)22-18(23-20(17)26-15)14-16-5-3-2-4-6-16/h2-6,13H,7-12,14H2,1H3,(H,21,22,23). The molecule has 1 fully saturated rings. The lowest BCUT2D eigenvalue weighted by Gasteiger charge is -2.26. The van der Waals surface area contributed by atoms with E-state index in [9.17, 15) is 0 Å². The maximum Gasteiger partial charge on any atom is 0.138 e. The van der Waals surface area contributed by atoms with Crippen molar-refractivity contribution in [3.8, 4) is 0 Å². The first kappa shape index (κ1) is 17.4. The Morgan fingerprint density at radius 2 is 1.96 bits per heavy atom. The quantitative estimate of drug-likeness (QED) is 0.723. The van der Waals surface area contributed by atoms with Gasteiger partial charge in [0.05, 0.1) is 18.6 Å². The molecule has 0 amide bonds. The molecule has 0 atom stereocenters. The maximum absolute atomic E-state index is 5.42. The van der Waals surface area contributed by atoms with E-state index >= 15 is 0 Å². The lowest BCUT2D eigenvalue weighted by Crippen LogP contribution is -2.39. The number of anilines is 1. The summed E-state index contributed by atoms with van der Waals surface area (Å²) in [6.07, 6.45) is 0.756. The summed E-state index contributed by atoms with van der Waals surface area (Å²) >= 11 is 1.73. The second kappa shape index (κ2) is 8.12. The minimum Gasteiger partial charge on any atom is -0.379 e. The molecule has 4 rings (SSSR count). The van der Waals surface area contributed by atoms with E-state index in [4.69, 9.17) is 14.7 Å². The van der Waals surface area contributed by atoms with Crippen LogP contribution in [-0.2, 0) is 11.2 Å². The lowest BCUT2D eigenvalue weighted by atomic mass is 10.1. The number of morpholine rings is 1. The monoisotopic (exact) mass is 368 g/mol. The van der Waals surface area contributed by atoms with Gasteiger partial charge in [-0.3, -0.25) is 4.90 Å². The number of nitrogens with one attached hydrogen (secondary N) is 1. The van der Waals surface area contributed by atoms with Crippen LogP contribution in [0.2, 0.25) is 0 Å². The molecular weight excluding hydrogens is 344 g/mol. The van der Waals surface area contributed by atoms with Gasteiger partial charge in [0.1, 0.15) is 16.5 Å². The Labute approximate surface area is 158 Å². The zero-order valence-corrected chi connectivity index (χ0v) is 15.9. The number of aryl methyl sites for hydroxylation is 1. The van der Waals surface area contributed by atoms with Crippen LogP contribution in [0.15, 0.2) is 36.4 Å². The molecule has 6 heteroatoms. The number of benzene rings is 1. The summed E-state index contributed by atoms with van der Waals surface area (Å²) in [6, 6.07) is 12.6. The number of rotatable bonds is 6. The first-order valence-corrected chi connectivity index (χ1v) is 9.94. The topological polar surface area (TPSA) is 50.3 Å². The van der Waals surface area contributed by atoms with Crippen LogP contribution in [0.25, 0.3) is 10.2 Å². The van der Waals surface area contributed by atoms with Crippen molar-refractivity contribution in [1.29, 1.82) is 0 Å². The maximum atomic E-state index is 5.42. The average Bonchev–Trinajstić information content (AvgIpc) is 3.04. The van der Waals surface area contributed by atoms with E-state index in [-0.39, 0.29) is 0 Å². The van der Waals surface area contributed by atoms with Crippen molar-refractivity contribution in [2.45, 2.75) is 13.3 Å². The summed E-state index contributed by atoms with van der Waals surface area (Å²) in [7, 11) is 0. The van der Waals surface area contributed by atoms with Gasteiger partial charge in [0, 0.05) is 37.5 Å². The van der Waals surface area contributed by atoms with Crippen molar-refractivity contribution < 1.29 is 4.74 Å². The summed E-state index contributed by atoms with van der Waals surface area (Å²) in [4.78, 5) is 14.4. The van der Waals surface area contributed by atoms with Crippen molar-refractivity contribution in [2.75, 3.05) is 44.7 Å². The second-order valence-corrected chi connectivity index (χ2v) is 7.84. The third kappa shape index (κ3) is 4.20. The molecule has 1 aliphatic heterocycles. The Morgan fingerprint density at radius 3 is 2.77 bits per heavy atom. The van der Waals surface area contributed by atoms with E-state index in [0.29, 0.717) is 0 Å². The Balaban J connectivity index is 1.51. The number of hydrogen-bond acceptors (Lipinski definition) is 6. The molecule has 1 aliphatic rings. The summed E-state index contributed by atoms with van der Waals surface area (Å²) in [5.74, 6) is 1.83. The molecule has 0 aliphatic carbocycles. The van der Waals surface area contributed by atoms with Gasteiger partial charge in [0.2, 0.25) is 0 Å². The van der Waals surface area contributed by atoms with Crippen LogP contribution in [0.4, 0.5) is 5.82 Å². The highest BCUT2D eigenvalue weighted by atomic mass is 32.1. The number of ether oxygens (including phenoxy) is 1. The molecule has 0 saturated carbocycles. The minimum atomic E-state index is 0.756. The van der Waals surface area contributed by atoms with E-state index in [1.54, 1.807) is 11.3 Å². The van der Waals surface area contributed by atoms with Crippen LogP contribution in [-0.4, -0.2) is 54.3 Å². The van der Waals surface area contributed by atoms with Crippen LogP contribution in [0.5, 0.6) is 0 Å². The molecule has 136 valence electrons. The van der Waals surface area contributed by atoms with Crippen LogP contribution in [0.1, 0.15) is 16.3 Å². The second-order valence-electron chi connectivity index (χ2n) is 6.61. The van der Waals surface area contributed by atoms with Crippen molar-refractivity contribution in [1.82, 2.24) is 14.9 Å². The van der Waals surface area contributed by atoms with Gasteiger partial charge in [-0.2, -0.15) is 0 Å². The summed E-state index contributed by atoms with van der Waals surface area (Å²) in [5.41, 5.74) is 1.24. The molecule has 26 heavy (non-hydrogen) atoms. The normalized spacial score (nSPS) is 15.4. The largest absolute Gasteiger partial charge is 0.379 e. The molecule has 1 N–H and O–H groups in total. The lowest BCUT2D eigenvalue weighted by molar-refractivity contribution is 0.0398. The van der Waals surface area contributed by atoms with Gasteiger partial charge < -0.3 is 10.1 Å². The van der Waals surface area contributed by atoms with Gasteiger partial charge in [-0.05, 0) is 18.6 Å². The van der Waals surface area contributed by atoms with Crippen molar-refractivity contribution in [3.05, 3.63) is 52.7 Å². The van der Waals surface area contributed by atoms with Gasteiger partial charge in [-0.15, -0.1) is 11.3 Å². The highest BCUT2D eigenvalue weighted by Crippen LogP contribution is 2.29. The van der Waals surface area contributed by atoms with Crippen LogP contribution in [0.3, 0.4) is 0 Å². The zero-order valence-electron chi connectivity index (χ0n) is 15.1. The third-order valence-electron chi connectivity index (χ3n) is 4.59. The first-order chi connectivity index (χ1) is 12.8. The predicted molar refractivity (Wildman–Crippen MR) is 107 cm³/mol. The highest BCUT2D eigenvalue weighted by molar-refractivity contribution is 7.18. The van der Waals surface area contributed by atoms with Crippen molar-refractivity contribution >= 4 is 27.4 Å². The molecule has 0 radical (unpaired) electrons. The van der Waals surface area contributed by atoms with Crippen LogP contribution in [0, 0.1) is 6.92 Å². The molecule has 0 bridgehead atoms. The van der Waals surface area contributed by atoms with E-state index < -0.39 is 0 Å². The van der Waals surface area contributed by atoms with Gasteiger partial charge in [-0.25, -0.2) is 9.97 Å². The highest BCUT2D eigenvalue weighted by Gasteiger charge is 2.13. The SMILES string of the molecule is Cc1cc2c(NCCN3CCOCC3)nc(Cc3ccccc3)nc2s1. The van der Waals surface area contributed by atoms with Crippen LogP contribution < -0.4 is 5.32 Å². The number of hydrogen-bond donors (Lipinski definition) is 1. The van der Waals surface area contributed by atoms with Gasteiger partial charge in [0.15, 0.2) is 0 Å². The summed E-state index contributed by atoms with van der Waals surface area (Å²) < 4.78 is 5.42. The fourth-order valence-electron chi connectivity index (χ4n) is 3.24. The molecule has 0 unspecified atom stereocenters. The molecule has 1 saturated heterocycles. The summed E-state index contributed by atoms with van der Waals surface area (Å²) in [6.45, 7) is 7.71. The Hall–Kier alpha value is -2.02. The van der Waals surface area contributed by atoms with E-state index in [1.165, 1.54) is 10.4 Å². The van der Waals surface area contributed by atoms with Gasteiger partial charge in [0.25, 0.3) is 0 Å². The first-order valence-electron chi connectivity index (χ1n) is 9.13. The number of aromatic nitrogens is 2. The van der Waals surface area contributed by atoms with Crippen LogP contribution >= 0.6 is 11.3 Å². The van der Waals surface area contributed by atoms with Gasteiger partial charge >= 0.3 is 0 Å². The van der Waals surface area contributed by atoms with Gasteiger partial charge in [-0.1, -0.05) is 30.3 Å². The molecule has 2 aromatic heterocycles. The molecule has 3 aromatic rings. The summed E-state index contributed by atoms with van der Waals surface area (Å²) in [5, 5.41) is 4.68. The number of fused-ring (bicyclic) bond motifs is 1. The van der Waals surface area contributed by atoms with E-state index in [0.717, 1.165) is 67.7 Å². The predicted octanol–water partition coefficient (Wildman–Crippen LogP) is 3.33. The van der Waals surface area contributed by atoms with Crippen molar-refractivity contribution in [3.63, 3.8) is 0 Å². The molecule has 3 heterocycles. The Morgan fingerprint density at radius 1 is 1.15 bits per heavy atom. The molecule has 5 nitrogen and oxygen atoms in total. The Bertz CT molecular complexity index is 859. The minimum absolute atomic E-state index is 0.756. The molecular formula is C20H24N4OS. The number of nitrogens with zero attached hydrogens (tertiary/aromatic N) is 3. The zero-order chi connectivity index (χ0) is 17.8. The third-order valence-corrected chi connectivity index (χ3v) is 5.54. The van der Waals surface area contributed by atoms with E-state index in [2.05, 4.69) is 47.5 Å². The Kier molecular flexibility index (Phi) is 5.43. The molecule has 1 aromatic carbocycles. The molecule has 0 spiro atoms. The fourth-order valence-corrected chi connectivity index (χ4v) is 4.13. The fraction of sp³-hybridized carbons (Fsp3) is 0.400. The average molecular weight is 369 g/mol. The smallest absolute Gasteiger partial charge is 0.138 e. The van der Waals surface area contributed by atoms with E-state index in [1.807, 2.05) is 6.07 Å². The van der Waals surface area contributed by atoms with Crippen molar-refractivity contribution in [2.24, 2.45) is 0 Å².